The molecule has 5 aliphatic carbocycles. The van der Waals surface area contributed by atoms with Crippen molar-refractivity contribution in [3.63, 3.8) is 0 Å². The van der Waals surface area contributed by atoms with Crippen molar-refractivity contribution in [2.75, 3.05) is 9.80 Å². The molecule has 0 N–H and O–H groups in total. The molecule has 5 aliphatic rings. The molecule has 0 unspecified atom stereocenters. The zero-order valence-corrected chi connectivity index (χ0v) is 35.1. The van der Waals surface area contributed by atoms with Crippen LogP contribution in [0.1, 0.15) is 68.6 Å². The Kier molecular flexibility index (Phi) is 7.72. The molecule has 61 heavy (non-hydrogen) atoms. The number of fused-ring (bicyclic) bond motifs is 3. The Morgan fingerprint density at radius 3 is 1.61 bits per heavy atom. The molecule has 9 aromatic carbocycles. The smallest absolute Gasteiger partial charge is 0.0540 e. The fourth-order valence-electron chi connectivity index (χ4n) is 13.5. The number of anilines is 6. The van der Waals surface area contributed by atoms with Crippen LogP contribution in [0, 0.1) is 23.7 Å². The molecule has 1 spiro atoms. The van der Waals surface area contributed by atoms with Crippen molar-refractivity contribution in [3.8, 4) is 11.1 Å². The summed E-state index contributed by atoms with van der Waals surface area (Å²) in [5, 5.41) is 7.76. The molecule has 0 radical (unpaired) electrons. The predicted molar refractivity (Wildman–Crippen MR) is 257 cm³/mol. The molecule has 4 bridgehead atoms. The fraction of sp³-hybridized carbons (Fsp3) is 0.220. The van der Waals surface area contributed by atoms with Crippen molar-refractivity contribution in [3.05, 3.63) is 193 Å². The molecule has 14 rings (SSSR count). The monoisotopic (exact) mass is 786 g/mol. The lowest BCUT2D eigenvalue weighted by Crippen LogP contribution is -2.55. The summed E-state index contributed by atoms with van der Waals surface area (Å²) in [5.41, 5.74) is 14.8. The first-order chi connectivity index (χ1) is 30.1. The molecule has 0 atom stereocenters. The molecule has 4 saturated carbocycles. The van der Waals surface area contributed by atoms with Crippen LogP contribution in [0.25, 0.3) is 43.4 Å². The summed E-state index contributed by atoms with van der Waals surface area (Å²) in [6.07, 6.45) is 6.91. The topological polar surface area (TPSA) is 6.48 Å². The average Bonchev–Trinajstić information content (AvgIpc) is 3.60. The molecule has 0 saturated heterocycles. The Bertz CT molecular complexity index is 3120. The van der Waals surface area contributed by atoms with E-state index in [2.05, 4.69) is 200 Å². The molecule has 0 amide bonds. The van der Waals surface area contributed by atoms with Gasteiger partial charge in [0.15, 0.2) is 0 Å². The minimum Gasteiger partial charge on any atom is -0.310 e. The first-order valence-corrected chi connectivity index (χ1v) is 22.8. The zero-order chi connectivity index (χ0) is 40.4. The molecule has 4 fully saturated rings. The van der Waals surface area contributed by atoms with Crippen molar-refractivity contribution in [2.45, 2.75) is 57.3 Å². The lowest BCUT2D eigenvalue weighted by molar-refractivity contribution is -0.0397. The van der Waals surface area contributed by atoms with E-state index < -0.39 is 0 Å². The summed E-state index contributed by atoms with van der Waals surface area (Å²) < 4.78 is 0. The lowest BCUT2D eigenvalue weighted by Gasteiger charge is -2.61. The van der Waals surface area contributed by atoms with Crippen LogP contribution in [-0.4, -0.2) is 0 Å². The SMILES string of the molecule is CC(C)c1cccc(N(c2ccccc2)c2ccc3ccc4c(N(c5ccccc5)c5cccc6c5C5(c7ccccc7-6)C6CC7CC(C6)CC5C7)ccc5ccc2c3c54)c1. The van der Waals surface area contributed by atoms with Gasteiger partial charge in [-0.25, -0.2) is 0 Å². The van der Waals surface area contributed by atoms with Gasteiger partial charge in [-0.05, 0) is 166 Å². The highest BCUT2D eigenvalue weighted by Crippen LogP contribution is 2.71. The molecule has 2 nitrogen and oxygen atoms in total. The van der Waals surface area contributed by atoms with Gasteiger partial charge >= 0.3 is 0 Å². The Labute approximate surface area is 359 Å². The maximum Gasteiger partial charge on any atom is 0.0540 e. The maximum absolute atomic E-state index is 2.65. The molecular weight excluding hydrogens is 737 g/mol. The lowest BCUT2D eigenvalue weighted by atomic mass is 9.43. The maximum atomic E-state index is 2.65. The van der Waals surface area contributed by atoms with Gasteiger partial charge in [0.05, 0.1) is 17.1 Å². The second-order valence-electron chi connectivity index (χ2n) is 19.1. The van der Waals surface area contributed by atoms with E-state index in [-0.39, 0.29) is 5.41 Å². The van der Waals surface area contributed by atoms with Gasteiger partial charge in [-0.3, -0.25) is 0 Å². The Hall–Kier alpha value is -6.38. The summed E-state index contributed by atoms with van der Waals surface area (Å²) in [7, 11) is 0. The summed E-state index contributed by atoms with van der Waals surface area (Å²) in [6.45, 7) is 4.56. The Morgan fingerprint density at radius 2 is 0.967 bits per heavy atom. The minimum atomic E-state index is 0.0371. The van der Waals surface area contributed by atoms with Gasteiger partial charge in [0.1, 0.15) is 0 Å². The normalized spacial score (nSPS) is 22.1. The standard InChI is InChI=1S/C59H50N2/c1-37(2)42-13-11-18-47(36-42)60(45-14-5-3-6-15-45)53-29-25-40-24-28-51-54(30-26-41-23-27-50(53)56(40)57(41)51)61(46-16-7-4-8-17-46)55-22-12-20-49-48-19-9-10-21-52(48)59(58(49)55)43-32-38-31-39(34-43)35-44(59)33-38/h3-30,36-39,43-44H,31-35H2,1-2H3. The Balaban J connectivity index is 1.06. The quantitative estimate of drug-likeness (QED) is 0.149. The van der Waals surface area contributed by atoms with Crippen molar-refractivity contribution >= 4 is 66.4 Å². The van der Waals surface area contributed by atoms with Crippen LogP contribution in [0.2, 0.25) is 0 Å². The van der Waals surface area contributed by atoms with E-state index >= 15 is 0 Å². The number of para-hydroxylation sites is 2. The van der Waals surface area contributed by atoms with E-state index in [1.54, 1.807) is 11.1 Å². The summed E-state index contributed by atoms with van der Waals surface area (Å²) >= 11 is 0. The van der Waals surface area contributed by atoms with Crippen LogP contribution in [0.5, 0.6) is 0 Å². The van der Waals surface area contributed by atoms with E-state index in [1.807, 2.05) is 0 Å². The number of hydrogen-bond acceptors (Lipinski definition) is 2. The highest BCUT2D eigenvalue weighted by Gasteiger charge is 2.62. The second-order valence-corrected chi connectivity index (χ2v) is 19.1. The summed E-state index contributed by atoms with van der Waals surface area (Å²) in [4.78, 5) is 5.11. The first kappa shape index (κ1) is 35.4. The molecule has 0 aromatic heterocycles. The van der Waals surface area contributed by atoms with Crippen LogP contribution in [0.15, 0.2) is 176 Å². The van der Waals surface area contributed by atoms with Crippen LogP contribution in [-0.2, 0) is 5.41 Å². The van der Waals surface area contributed by atoms with Gasteiger partial charge < -0.3 is 9.80 Å². The summed E-state index contributed by atoms with van der Waals surface area (Å²) in [6, 6.07) is 67.0. The van der Waals surface area contributed by atoms with Gasteiger partial charge in [0.25, 0.3) is 0 Å². The third-order valence-corrected chi connectivity index (χ3v) is 15.7. The Morgan fingerprint density at radius 1 is 0.443 bits per heavy atom. The van der Waals surface area contributed by atoms with Crippen molar-refractivity contribution in [1.29, 1.82) is 0 Å². The van der Waals surface area contributed by atoms with E-state index in [4.69, 9.17) is 0 Å². The van der Waals surface area contributed by atoms with E-state index in [0.717, 1.165) is 17.5 Å². The van der Waals surface area contributed by atoms with Crippen LogP contribution < -0.4 is 9.80 Å². The molecule has 0 heterocycles. The van der Waals surface area contributed by atoms with Crippen LogP contribution in [0.4, 0.5) is 34.1 Å². The predicted octanol–water partition coefficient (Wildman–Crippen LogP) is 16.4. The third kappa shape index (κ3) is 5.03. The van der Waals surface area contributed by atoms with Gasteiger partial charge in [-0.1, -0.05) is 135 Å². The number of hydrogen-bond donors (Lipinski definition) is 0. The second kappa shape index (κ2) is 13.3. The largest absolute Gasteiger partial charge is 0.310 e. The van der Waals surface area contributed by atoms with Crippen molar-refractivity contribution in [2.24, 2.45) is 23.7 Å². The van der Waals surface area contributed by atoms with Crippen molar-refractivity contribution < 1.29 is 0 Å². The molecular formula is C59H50N2. The van der Waals surface area contributed by atoms with Gasteiger partial charge in [0, 0.05) is 33.2 Å². The van der Waals surface area contributed by atoms with E-state index in [1.165, 1.54) is 110 Å². The fourth-order valence-corrected chi connectivity index (χ4v) is 13.5. The highest BCUT2D eigenvalue weighted by molar-refractivity contribution is 6.28. The van der Waals surface area contributed by atoms with Crippen molar-refractivity contribution in [1.82, 2.24) is 0 Å². The third-order valence-electron chi connectivity index (χ3n) is 15.7. The molecule has 296 valence electrons. The van der Waals surface area contributed by atoms with E-state index in [0.29, 0.717) is 17.8 Å². The minimum absolute atomic E-state index is 0.0371. The van der Waals surface area contributed by atoms with E-state index in [9.17, 15) is 0 Å². The molecule has 2 heteroatoms. The van der Waals surface area contributed by atoms with Crippen LogP contribution >= 0.6 is 0 Å². The summed E-state index contributed by atoms with van der Waals surface area (Å²) in [5.74, 6) is 3.57. The van der Waals surface area contributed by atoms with Gasteiger partial charge in [0.2, 0.25) is 0 Å². The zero-order valence-electron chi connectivity index (χ0n) is 35.1. The van der Waals surface area contributed by atoms with Crippen LogP contribution in [0.3, 0.4) is 0 Å². The number of rotatable bonds is 7. The van der Waals surface area contributed by atoms with Gasteiger partial charge in [-0.15, -0.1) is 0 Å². The number of nitrogens with zero attached hydrogens (tertiary/aromatic N) is 2. The van der Waals surface area contributed by atoms with Gasteiger partial charge in [-0.2, -0.15) is 0 Å². The molecule has 9 aromatic rings. The number of benzene rings is 9. The first-order valence-electron chi connectivity index (χ1n) is 22.8. The molecule has 0 aliphatic heterocycles. The average molecular weight is 787 g/mol. The highest BCUT2D eigenvalue weighted by atomic mass is 15.2.